The summed E-state index contributed by atoms with van der Waals surface area (Å²) >= 11 is 1.82. The second kappa shape index (κ2) is 12.8. The standard InChI is InChI=1S/C51H31N3S/c1-2-14-33(15-3-1)49-52-50(54-51(53-49)45-31-47-48(43-21-9-8-20-42(43)45)44-22-10-11-24-46(44)55-47)37-28-26-34-29-36(27-25-35(34)30-37)39-18-6-7-19-40(39)41-23-12-16-32-13-4-5-17-38(32)41/h1-31H. The van der Waals surface area contributed by atoms with Gasteiger partial charge >= 0.3 is 0 Å². The zero-order valence-electron chi connectivity index (χ0n) is 29.6. The minimum absolute atomic E-state index is 0.650. The van der Waals surface area contributed by atoms with E-state index in [2.05, 4.69) is 170 Å². The molecule has 55 heavy (non-hydrogen) atoms. The molecule has 0 aliphatic carbocycles. The lowest BCUT2D eigenvalue weighted by molar-refractivity contribution is 1.08. The van der Waals surface area contributed by atoms with Gasteiger partial charge in [0, 0.05) is 36.9 Å². The van der Waals surface area contributed by atoms with Crippen LogP contribution in [0.25, 0.3) is 109 Å². The number of hydrogen-bond donors (Lipinski definition) is 0. The Morgan fingerprint density at radius 3 is 1.71 bits per heavy atom. The smallest absolute Gasteiger partial charge is 0.164 e. The number of hydrogen-bond acceptors (Lipinski definition) is 4. The maximum atomic E-state index is 5.23. The van der Waals surface area contributed by atoms with Gasteiger partial charge in [0.15, 0.2) is 17.5 Å². The molecular weight excluding hydrogens is 687 g/mol. The summed E-state index contributed by atoms with van der Waals surface area (Å²) < 4.78 is 2.50. The van der Waals surface area contributed by atoms with Gasteiger partial charge in [-0.05, 0) is 78.8 Å². The third-order valence-corrected chi connectivity index (χ3v) is 11.8. The van der Waals surface area contributed by atoms with Gasteiger partial charge < -0.3 is 0 Å². The van der Waals surface area contributed by atoms with Crippen LogP contribution in [-0.2, 0) is 0 Å². The molecule has 2 heterocycles. The lowest BCUT2D eigenvalue weighted by Crippen LogP contribution is -2.00. The molecule has 0 atom stereocenters. The summed E-state index contributed by atoms with van der Waals surface area (Å²) in [6.07, 6.45) is 0. The predicted molar refractivity (Wildman–Crippen MR) is 232 cm³/mol. The van der Waals surface area contributed by atoms with Gasteiger partial charge in [0.05, 0.1) is 0 Å². The van der Waals surface area contributed by atoms with Crippen LogP contribution >= 0.6 is 11.3 Å². The van der Waals surface area contributed by atoms with Crippen molar-refractivity contribution in [1.82, 2.24) is 15.0 Å². The molecule has 0 unspecified atom stereocenters. The van der Waals surface area contributed by atoms with Crippen molar-refractivity contribution in [2.45, 2.75) is 0 Å². The summed E-state index contributed by atoms with van der Waals surface area (Å²) in [6.45, 7) is 0. The van der Waals surface area contributed by atoms with Gasteiger partial charge in [-0.2, -0.15) is 0 Å². The van der Waals surface area contributed by atoms with Crippen LogP contribution in [0.4, 0.5) is 0 Å². The summed E-state index contributed by atoms with van der Waals surface area (Å²) in [7, 11) is 0. The zero-order valence-corrected chi connectivity index (χ0v) is 30.5. The Kier molecular flexibility index (Phi) is 7.35. The van der Waals surface area contributed by atoms with Crippen LogP contribution in [0.3, 0.4) is 0 Å². The third kappa shape index (κ3) is 5.38. The molecule has 11 aromatic rings. The van der Waals surface area contributed by atoms with E-state index in [0.29, 0.717) is 17.5 Å². The van der Waals surface area contributed by atoms with E-state index in [1.807, 2.05) is 29.5 Å². The number of nitrogens with zero attached hydrogens (tertiary/aromatic N) is 3. The molecule has 4 heteroatoms. The molecule has 2 aromatic heterocycles. The first kappa shape index (κ1) is 31.5. The minimum Gasteiger partial charge on any atom is -0.208 e. The first-order chi connectivity index (χ1) is 27.2. The van der Waals surface area contributed by atoms with E-state index < -0.39 is 0 Å². The summed E-state index contributed by atoms with van der Waals surface area (Å²) in [5.74, 6) is 1.97. The van der Waals surface area contributed by atoms with E-state index in [4.69, 9.17) is 15.0 Å². The Labute approximate surface area is 321 Å². The highest BCUT2D eigenvalue weighted by Gasteiger charge is 2.18. The fraction of sp³-hybridized carbons (Fsp3) is 0. The fourth-order valence-corrected chi connectivity index (χ4v) is 9.26. The van der Waals surface area contributed by atoms with E-state index in [-0.39, 0.29) is 0 Å². The predicted octanol–water partition coefficient (Wildman–Crippen LogP) is 14.0. The van der Waals surface area contributed by atoms with Crippen LogP contribution in [0.1, 0.15) is 0 Å². The number of aromatic nitrogens is 3. The third-order valence-electron chi connectivity index (χ3n) is 10.7. The van der Waals surface area contributed by atoms with E-state index in [0.717, 1.165) is 32.8 Å². The molecule has 0 saturated heterocycles. The summed E-state index contributed by atoms with van der Waals surface area (Å²) in [5.41, 5.74) is 7.76. The van der Waals surface area contributed by atoms with Gasteiger partial charge in [-0.1, -0.05) is 164 Å². The number of thiophene rings is 1. The first-order valence-corrected chi connectivity index (χ1v) is 19.3. The molecule has 0 radical (unpaired) electrons. The molecule has 0 amide bonds. The lowest BCUT2D eigenvalue weighted by Gasteiger charge is -2.14. The van der Waals surface area contributed by atoms with Crippen molar-refractivity contribution < 1.29 is 0 Å². The van der Waals surface area contributed by atoms with E-state index in [9.17, 15) is 0 Å². The van der Waals surface area contributed by atoms with Gasteiger partial charge in [0.25, 0.3) is 0 Å². The van der Waals surface area contributed by atoms with Crippen molar-refractivity contribution in [3.63, 3.8) is 0 Å². The monoisotopic (exact) mass is 717 g/mol. The Morgan fingerprint density at radius 2 is 0.873 bits per heavy atom. The number of fused-ring (bicyclic) bond motifs is 7. The average molecular weight is 718 g/mol. The van der Waals surface area contributed by atoms with Gasteiger partial charge in [-0.15, -0.1) is 11.3 Å². The van der Waals surface area contributed by atoms with E-state index in [1.54, 1.807) is 0 Å². The number of rotatable bonds is 5. The largest absolute Gasteiger partial charge is 0.208 e. The summed E-state index contributed by atoms with van der Waals surface area (Å²) in [5, 5.41) is 9.69. The maximum Gasteiger partial charge on any atom is 0.164 e. The molecule has 9 aromatic carbocycles. The molecular formula is C51H31N3S. The first-order valence-electron chi connectivity index (χ1n) is 18.5. The Bertz CT molecular complexity index is 3270. The quantitative estimate of drug-likeness (QED) is 0.178. The molecule has 3 nitrogen and oxygen atoms in total. The fourth-order valence-electron chi connectivity index (χ4n) is 8.10. The summed E-state index contributed by atoms with van der Waals surface area (Å²) in [6, 6.07) is 66.9. The van der Waals surface area contributed by atoms with Crippen LogP contribution in [-0.4, -0.2) is 15.0 Å². The highest BCUT2D eigenvalue weighted by Crippen LogP contribution is 2.43. The van der Waals surface area contributed by atoms with Gasteiger partial charge in [-0.3, -0.25) is 0 Å². The molecule has 0 bridgehead atoms. The Hall–Kier alpha value is -7.01. The number of benzene rings is 9. The molecule has 0 saturated carbocycles. The van der Waals surface area contributed by atoms with Crippen molar-refractivity contribution in [2.24, 2.45) is 0 Å². The van der Waals surface area contributed by atoms with Crippen LogP contribution in [0.15, 0.2) is 188 Å². The van der Waals surface area contributed by atoms with Crippen molar-refractivity contribution in [2.75, 3.05) is 0 Å². The van der Waals surface area contributed by atoms with Crippen molar-refractivity contribution in [1.29, 1.82) is 0 Å². The lowest BCUT2D eigenvalue weighted by atomic mass is 9.90. The normalized spacial score (nSPS) is 11.6. The van der Waals surface area contributed by atoms with E-state index >= 15 is 0 Å². The van der Waals surface area contributed by atoms with Crippen molar-refractivity contribution in [3.8, 4) is 56.4 Å². The average Bonchev–Trinajstić information content (AvgIpc) is 3.64. The zero-order chi connectivity index (χ0) is 36.3. The van der Waals surface area contributed by atoms with Gasteiger partial charge in [0.2, 0.25) is 0 Å². The van der Waals surface area contributed by atoms with Gasteiger partial charge in [0.1, 0.15) is 0 Å². The minimum atomic E-state index is 0.650. The highest BCUT2D eigenvalue weighted by atomic mass is 32.1. The Morgan fingerprint density at radius 1 is 0.291 bits per heavy atom. The molecule has 0 aliphatic heterocycles. The van der Waals surface area contributed by atoms with Crippen molar-refractivity contribution in [3.05, 3.63) is 188 Å². The second-order valence-electron chi connectivity index (χ2n) is 14.0. The molecule has 0 aliphatic rings. The molecule has 0 N–H and O–H groups in total. The topological polar surface area (TPSA) is 38.7 Å². The second-order valence-corrected chi connectivity index (χ2v) is 15.0. The van der Waals surface area contributed by atoms with Crippen molar-refractivity contribution >= 4 is 63.8 Å². The summed E-state index contributed by atoms with van der Waals surface area (Å²) in [4.78, 5) is 15.5. The molecule has 11 rings (SSSR count). The van der Waals surface area contributed by atoms with Crippen LogP contribution in [0.5, 0.6) is 0 Å². The maximum absolute atomic E-state index is 5.23. The van der Waals surface area contributed by atoms with Crippen LogP contribution in [0.2, 0.25) is 0 Å². The Balaban J connectivity index is 1.05. The highest BCUT2D eigenvalue weighted by molar-refractivity contribution is 7.26. The van der Waals surface area contributed by atoms with Crippen LogP contribution < -0.4 is 0 Å². The SMILES string of the molecule is c1ccc(-c2nc(-c3ccc4cc(-c5ccccc5-c5cccc6ccccc56)ccc4c3)nc(-c3cc4sc5ccccc5c4c4ccccc34)n2)cc1. The molecule has 0 spiro atoms. The van der Waals surface area contributed by atoms with Crippen LogP contribution in [0, 0.1) is 0 Å². The molecule has 256 valence electrons. The molecule has 0 fully saturated rings. The van der Waals surface area contributed by atoms with Gasteiger partial charge in [-0.25, -0.2) is 15.0 Å². The van der Waals surface area contributed by atoms with E-state index in [1.165, 1.54) is 58.6 Å².